The van der Waals surface area contributed by atoms with E-state index in [1.165, 1.54) is 17.0 Å². The number of carbonyl (C=O) groups is 2. The van der Waals surface area contributed by atoms with Gasteiger partial charge in [0, 0.05) is 18.3 Å². The third-order valence-corrected chi connectivity index (χ3v) is 3.28. The van der Waals surface area contributed by atoms with Gasteiger partial charge in [-0.25, -0.2) is 4.39 Å². The SMILES string of the molecule is CCn1cc(CN2C(=O)C(=O)c3cc(F)ccc32)cn1. The molecule has 1 amide bonds. The highest BCUT2D eigenvalue weighted by Crippen LogP contribution is 2.30. The maximum Gasteiger partial charge on any atom is 0.299 e. The second-order valence-electron chi connectivity index (χ2n) is 4.59. The van der Waals surface area contributed by atoms with Gasteiger partial charge in [-0.1, -0.05) is 0 Å². The number of hydrogen-bond acceptors (Lipinski definition) is 3. The van der Waals surface area contributed by atoms with E-state index in [1.54, 1.807) is 10.9 Å². The fourth-order valence-electron chi connectivity index (χ4n) is 2.27. The molecule has 1 aromatic carbocycles. The van der Waals surface area contributed by atoms with E-state index >= 15 is 0 Å². The quantitative estimate of drug-likeness (QED) is 0.801. The molecular weight excluding hydrogens is 261 g/mol. The summed E-state index contributed by atoms with van der Waals surface area (Å²) in [7, 11) is 0. The molecule has 0 saturated carbocycles. The predicted octanol–water partition coefficient (Wildman–Crippen LogP) is 1.77. The Bertz CT molecular complexity index is 708. The summed E-state index contributed by atoms with van der Waals surface area (Å²) < 4.78 is 14.9. The summed E-state index contributed by atoms with van der Waals surface area (Å²) >= 11 is 0. The number of anilines is 1. The van der Waals surface area contributed by atoms with Crippen LogP contribution in [0.5, 0.6) is 0 Å². The summed E-state index contributed by atoms with van der Waals surface area (Å²) in [6, 6.07) is 3.80. The van der Waals surface area contributed by atoms with E-state index in [0.29, 0.717) is 5.69 Å². The number of Topliss-reactive ketones (excluding diaryl/α,β-unsaturated/α-hetero) is 1. The van der Waals surface area contributed by atoms with Gasteiger partial charge in [0.25, 0.3) is 11.7 Å². The van der Waals surface area contributed by atoms with E-state index < -0.39 is 17.5 Å². The molecule has 2 aromatic rings. The van der Waals surface area contributed by atoms with Crippen LogP contribution < -0.4 is 4.90 Å². The van der Waals surface area contributed by atoms with Gasteiger partial charge in [0.2, 0.25) is 0 Å². The first-order chi connectivity index (χ1) is 9.60. The Morgan fingerprint density at radius 1 is 1.30 bits per heavy atom. The van der Waals surface area contributed by atoms with Crippen molar-refractivity contribution >= 4 is 17.4 Å². The number of hydrogen-bond donors (Lipinski definition) is 0. The van der Waals surface area contributed by atoms with Crippen LogP contribution in [-0.4, -0.2) is 21.5 Å². The number of rotatable bonds is 3. The van der Waals surface area contributed by atoms with Crippen LogP contribution >= 0.6 is 0 Å². The lowest BCUT2D eigenvalue weighted by atomic mass is 10.1. The molecule has 2 heterocycles. The molecular formula is C14H12FN3O2. The van der Waals surface area contributed by atoms with Crippen LogP contribution in [0.25, 0.3) is 0 Å². The minimum absolute atomic E-state index is 0.123. The Labute approximate surface area is 114 Å². The highest BCUT2D eigenvalue weighted by Gasteiger charge is 2.36. The van der Waals surface area contributed by atoms with E-state index in [-0.39, 0.29) is 12.1 Å². The summed E-state index contributed by atoms with van der Waals surface area (Å²) in [5.74, 6) is -1.82. The summed E-state index contributed by atoms with van der Waals surface area (Å²) in [4.78, 5) is 25.2. The van der Waals surface area contributed by atoms with Gasteiger partial charge in [0.15, 0.2) is 0 Å². The van der Waals surface area contributed by atoms with Crippen molar-refractivity contribution in [2.24, 2.45) is 0 Å². The summed E-state index contributed by atoms with van der Waals surface area (Å²) in [5, 5.41) is 4.12. The monoisotopic (exact) mass is 273 g/mol. The molecule has 0 saturated heterocycles. The standard InChI is InChI=1S/C14H12FN3O2/c1-2-17-7-9(6-16-17)8-18-12-4-3-10(15)5-11(12)13(19)14(18)20/h3-7H,2,8H2,1H3. The lowest BCUT2D eigenvalue weighted by molar-refractivity contribution is -0.114. The van der Waals surface area contributed by atoms with Gasteiger partial charge in [-0.05, 0) is 25.1 Å². The fourth-order valence-corrected chi connectivity index (χ4v) is 2.27. The molecule has 0 bridgehead atoms. The van der Waals surface area contributed by atoms with Crippen LogP contribution in [0.1, 0.15) is 22.8 Å². The first-order valence-corrected chi connectivity index (χ1v) is 6.27. The molecule has 20 heavy (non-hydrogen) atoms. The molecule has 1 aliphatic rings. The summed E-state index contributed by atoms with van der Waals surface area (Å²) in [6.45, 7) is 2.94. The van der Waals surface area contributed by atoms with Gasteiger partial charge in [-0.15, -0.1) is 0 Å². The lowest BCUT2D eigenvalue weighted by Gasteiger charge is -2.15. The van der Waals surface area contributed by atoms with E-state index in [1.807, 2.05) is 13.1 Å². The van der Waals surface area contributed by atoms with Crippen molar-refractivity contribution in [2.75, 3.05) is 4.90 Å². The Morgan fingerprint density at radius 2 is 2.10 bits per heavy atom. The Hall–Kier alpha value is -2.50. The molecule has 102 valence electrons. The van der Waals surface area contributed by atoms with E-state index in [4.69, 9.17) is 0 Å². The van der Waals surface area contributed by atoms with Crippen LogP contribution in [0.2, 0.25) is 0 Å². The molecule has 1 aliphatic heterocycles. The predicted molar refractivity (Wildman–Crippen MR) is 69.8 cm³/mol. The summed E-state index contributed by atoms with van der Waals surface area (Å²) in [6.07, 6.45) is 3.47. The zero-order chi connectivity index (χ0) is 14.3. The van der Waals surface area contributed by atoms with Gasteiger partial charge >= 0.3 is 0 Å². The number of amides is 1. The normalized spacial score (nSPS) is 14.0. The number of aromatic nitrogens is 2. The number of benzene rings is 1. The van der Waals surface area contributed by atoms with Crippen molar-refractivity contribution in [1.29, 1.82) is 0 Å². The van der Waals surface area contributed by atoms with E-state index in [2.05, 4.69) is 5.10 Å². The second kappa shape index (κ2) is 4.56. The van der Waals surface area contributed by atoms with E-state index in [9.17, 15) is 14.0 Å². The second-order valence-corrected chi connectivity index (χ2v) is 4.59. The minimum Gasteiger partial charge on any atom is -0.300 e. The Kier molecular flexibility index (Phi) is 2.85. The molecule has 3 rings (SSSR count). The van der Waals surface area contributed by atoms with Crippen LogP contribution in [0.4, 0.5) is 10.1 Å². The van der Waals surface area contributed by atoms with Crippen molar-refractivity contribution in [2.45, 2.75) is 20.0 Å². The molecule has 5 nitrogen and oxygen atoms in total. The Balaban J connectivity index is 1.95. The van der Waals surface area contributed by atoms with Crippen molar-refractivity contribution < 1.29 is 14.0 Å². The third-order valence-electron chi connectivity index (χ3n) is 3.28. The maximum atomic E-state index is 13.2. The topological polar surface area (TPSA) is 55.2 Å². The highest BCUT2D eigenvalue weighted by atomic mass is 19.1. The van der Waals surface area contributed by atoms with Gasteiger partial charge in [0.05, 0.1) is 24.0 Å². The molecule has 0 aliphatic carbocycles. The largest absolute Gasteiger partial charge is 0.300 e. The maximum absolute atomic E-state index is 13.2. The van der Waals surface area contributed by atoms with Crippen LogP contribution in [0.15, 0.2) is 30.6 Å². The average molecular weight is 273 g/mol. The molecule has 0 fully saturated rings. The van der Waals surface area contributed by atoms with E-state index in [0.717, 1.165) is 18.2 Å². The molecule has 0 atom stereocenters. The van der Waals surface area contributed by atoms with Crippen LogP contribution in [0.3, 0.4) is 0 Å². The zero-order valence-corrected chi connectivity index (χ0v) is 10.8. The first-order valence-electron chi connectivity index (χ1n) is 6.27. The number of ketones is 1. The highest BCUT2D eigenvalue weighted by molar-refractivity contribution is 6.52. The number of fused-ring (bicyclic) bond motifs is 1. The van der Waals surface area contributed by atoms with Gasteiger partial charge in [-0.3, -0.25) is 14.3 Å². The number of nitrogens with zero attached hydrogens (tertiary/aromatic N) is 3. The van der Waals surface area contributed by atoms with Crippen molar-refractivity contribution in [3.8, 4) is 0 Å². The van der Waals surface area contributed by atoms with Gasteiger partial charge in [-0.2, -0.15) is 5.10 Å². The minimum atomic E-state index is -0.664. The molecule has 1 aromatic heterocycles. The molecule has 0 spiro atoms. The molecule has 0 unspecified atom stereocenters. The number of halogens is 1. The Morgan fingerprint density at radius 3 is 2.80 bits per heavy atom. The summed E-state index contributed by atoms with van der Waals surface area (Å²) in [5.41, 5.74) is 1.40. The van der Waals surface area contributed by atoms with Crippen LogP contribution in [-0.2, 0) is 17.9 Å². The van der Waals surface area contributed by atoms with Gasteiger partial charge < -0.3 is 4.90 Å². The molecule has 0 N–H and O–H groups in total. The third kappa shape index (κ3) is 1.89. The lowest BCUT2D eigenvalue weighted by Crippen LogP contribution is -2.28. The van der Waals surface area contributed by atoms with Crippen molar-refractivity contribution in [3.05, 3.63) is 47.5 Å². The zero-order valence-electron chi connectivity index (χ0n) is 10.8. The fraction of sp³-hybridized carbons (Fsp3) is 0.214. The first kappa shape index (κ1) is 12.5. The van der Waals surface area contributed by atoms with Gasteiger partial charge in [0.1, 0.15) is 5.82 Å². The van der Waals surface area contributed by atoms with Crippen molar-refractivity contribution in [3.63, 3.8) is 0 Å². The molecule has 6 heteroatoms. The number of aryl methyl sites for hydroxylation is 1. The average Bonchev–Trinajstić information content (AvgIpc) is 2.99. The number of carbonyl (C=O) groups excluding carboxylic acids is 2. The molecule has 0 radical (unpaired) electrons. The van der Waals surface area contributed by atoms with Crippen molar-refractivity contribution in [1.82, 2.24) is 9.78 Å². The van der Waals surface area contributed by atoms with Crippen LogP contribution in [0, 0.1) is 5.82 Å². The smallest absolute Gasteiger partial charge is 0.299 e.